The van der Waals surface area contributed by atoms with Gasteiger partial charge in [-0.3, -0.25) is 0 Å². The van der Waals surface area contributed by atoms with E-state index in [2.05, 4.69) is 19.2 Å². The van der Waals surface area contributed by atoms with Gasteiger partial charge in [-0.2, -0.15) is 0 Å². The summed E-state index contributed by atoms with van der Waals surface area (Å²) in [6.45, 7) is 5.37. The van der Waals surface area contributed by atoms with Crippen molar-refractivity contribution in [2.45, 2.75) is 50.0 Å². The van der Waals surface area contributed by atoms with E-state index >= 15 is 0 Å². The van der Waals surface area contributed by atoms with E-state index < -0.39 is 0 Å². The Kier molecular flexibility index (Phi) is 9.07. The van der Waals surface area contributed by atoms with Gasteiger partial charge in [0.2, 0.25) is 0 Å². The lowest BCUT2D eigenvalue weighted by molar-refractivity contribution is 0.163. The number of hydrogen-bond donors (Lipinski definition) is 2. The lowest BCUT2D eigenvalue weighted by Crippen LogP contribution is -2.46. The van der Waals surface area contributed by atoms with Gasteiger partial charge in [-0.25, -0.2) is 0 Å². The molecule has 0 aromatic heterocycles. The maximum Gasteiger partial charge on any atom is 0.0610 e. The number of halogens is 2. The average molecular weight is 350 g/mol. The molecule has 0 radical (unpaired) electrons. The Morgan fingerprint density at radius 2 is 2.00 bits per heavy atom. The van der Waals surface area contributed by atoms with E-state index in [0.29, 0.717) is 10.0 Å². The number of aliphatic hydroxyl groups excluding tert-OH is 1. The van der Waals surface area contributed by atoms with Gasteiger partial charge in [0.25, 0.3) is 0 Å². The van der Waals surface area contributed by atoms with Crippen molar-refractivity contribution in [3.05, 3.63) is 28.2 Å². The highest BCUT2D eigenvalue weighted by molar-refractivity contribution is 7.99. The fourth-order valence-corrected chi connectivity index (χ4v) is 3.34. The van der Waals surface area contributed by atoms with Gasteiger partial charge in [0.05, 0.1) is 16.7 Å². The van der Waals surface area contributed by atoms with Crippen LogP contribution in [-0.4, -0.2) is 29.5 Å². The molecule has 0 aliphatic heterocycles. The van der Waals surface area contributed by atoms with Crippen LogP contribution in [0.25, 0.3) is 0 Å². The molecule has 5 heteroatoms. The molecule has 0 saturated heterocycles. The van der Waals surface area contributed by atoms with Crippen LogP contribution in [0.4, 0.5) is 0 Å². The van der Waals surface area contributed by atoms with Crippen LogP contribution in [0.1, 0.15) is 39.5 Å². The van der Waals surface area contributed by atoms with Crippen molar-refractivity contribution in [3.8, 4) is 0 Å². The summed E-state index contributed by atoms with van der Waals surface area (Å²) in [4.78, 5) is 1.15. The van der Waals surface area contributed by atoms with E-state index in [9.17, 15) is 5.11 Å². The van der Waals surface area contributed by atoms with Crippen LogP contribution in [0.15, 0.2) is 23.1 Å². The van der Waals surface area contributed by atoms with E-state index in [4.69, 9.17) is 23.2 Å². The Morgan fingerprint density at radius 1 is 1.24 bits per heavy atom. The fourth-order valence-electron chi connectivity index (χ4n) is 2.02. The van der Waals surface area contributed by atoms with E-state index in [1.165, 1.54) is 0 Å². The molecule has 1 aromatic carbocycles. The number of thioether (sulfide) groups is 1. The van der Waals surface area contributed by atoms with Crippen molar-refractivity contribution in [1.29, 1.82) is 0 Å². The predicted octanol–water partition coefficient (Wildman–Crippen LogP) is 5.01. The van der Waals surface area contributed by atoms with Crippen LogP contribution in [0.5, 0.6) is 0 Å². The Balaban J connectivity index is 2.25. The minimum absolute atomic E-state index is 0.149. The smallest absolute Gasteiger partial charge is 0.0610 e. The van der Waals surface area contributed by atoms with Gasteiger partial charge >= 0.3 is 0 Å². The highest BCUT2D eigenvalue weighted by atomic mass is 35.5. The molecule has 1 aromatic rings. The highest BCUT2D eigenvalue weighted by Gasteiger charge is 2.21. The molecule has 1 rings (SSSR count). The normalized spacial score (nSPS) is 14.1. The third kappa shape index (κ3) is 7.25. The molecular weight excluding hydrogens is 325 g/mol. The van der Waals surface area contributed by atoms with E-state index in [0.717, 1.165) is 42.9 Å². The van der Waals surface area contributed by atoms with Crippen LogP contribution < -0.4 is 5.32 Å². The third-order valence-electron chi connectivity index (χ3n) is 3.43. The van der Waals surface area contributed by atoms with Crippen molar-refractivity contribution in [2.24, 2.45) is 0 Å². The molecule has 0 aliphatic carbocycles. The lowest BCUT2D eigenvalue weighted by atomic mass is 9.96. The van der Waals surface area contributed by atoms with Crippen LogP contribution in [0.2, 0.25) is 10.0 Å². The molecule has 2 N–H and O–H groups in total. The molecule has 0 heterocycles. The first-order valence-corrected chi connectivity index (χ1v) is 9.18. The van der Waals surface area contributed by atoms with Crippen molar-refractivity contribution < 1.29 is 5.11 Å². The zero-order valence-electron chi connectivity index (χ0n) is 12.8. The van der Waals surface area contributed by atoms with Crippen LogP contribution in [0, 0.1) is 0 Å². The zero-order chi connectivity index (χ0) is 15.7. The van der Waals surface area contributed by atoms with Crippen LogP contribution in [0.3, 0.4) is 0 Å². The summed E-state index contributed by atoms with van der Waals surface area (Å²) in [5.74, 6) is 1.05. The number of unbranched alkanes of at least 4 members (excludes halogenated alkanes) is 1. The van der Waals surface area contributed by atoms with Crippen LogP contribution >= 0.6 is 35.0 Å². The Bertz CT molecular complexity index is 431. The Hall–Kier alpha value is 0.0700. The van der Waals surface area contributed by atoms with Crippen molar-refractivity contribution in [3.63, 3.8) is 0 Å². The molecule has 120 valence electrons. The third-order valence-corrected chi connectivity index (χ3v) is 5.25. The maximum atomic E-state index is 9.51. The second kappa shape index (κ2) is 9.96. The minimum Gasteiger partial charge on any atom is -0.394 e. The fraction of sp³-hybridized carbons (Fsp3) is 0.625. The molecule has 0 fully saturated rings. The number of aliphatic hydroxyl groups is 1. The first-order valence-electron chi connectivity index (χ1n) is 7.44. The highest BCUT2D eigenvalue weighted by Crippen LogP contribution is 2.28. The maximum absolute atomic E-state index is 9.51. The second-order valence-electron chi connectivity index (χ2n) is 5.53. The molecule has 1 unspecified atom stereocenters. The van der Waals surface area contributed by atoms with Gasteiger partial charge in [0.1, 0.15) is 0 Å². The van der Waals surface area contributed by atoms with E-state index in [-0.39, 0.29) is 12.1 Å². The first-order chi connectivity index (χ1) is 10.0. The van der Waals surface area contributed by atoms with Gasteiger partial charge in [0.15, 0.2) is 0 Å². The summed E-state index contributed by atoms with van der Waals surface area (Å²) in [6.07, 6.45) is 4.30. The van der Waals surface area contributed by atoms with Gasteiger partial charge in [-0.15, -0.1) is 11.8 Å². The van der Waals surface area contributed by atoms with Crippen molar-refractivity contribution in [2.75, 3.05) is 18.9 Å². The van der Waals surface area contributed by atoms with Crippen molar-refractivity contribution in [1.82, 2.24) is 5.32 Å². The molecular formula is C16H25Cl2NOS. The number of nitrogens with one attached hydrogen (secondary N) is 1. The largest absolute Gasteiger partial charge is 0.394 e. The first kappa shape index (κ1) is 19.1. The summed E-state index contributed by atoms with van der Waals surface area (Å²) < 4.78 is 0. The molecule has 1 atom stereocenters. The monoisotopic (exact) mass is 349 g/mol. The Labute approximate surface area is 142 Å². The lowest BCUT2D eigenvalue weighted by Gasteiger charge is -2.28. The summed E-state index contributed by atoms with van der Waals surface area (Å²) in [7, 11) is 0. The SMILES string of the molecule is CCCNC(C)(CO)CCCCSc1ccc(Cl)c(Cl)c1. The molecule has 0 spiro atoms. The van der Waals surface area contributed by atoms with Gasteiger partial charge in [-0.1, -0.05) is 36.5 Å². The van der Waals surface area contributed by atoms with Crippen molar-refractivity contribution >= 4 is 35.0 Å². The van der Waals surface area contributed by atoms with Crippen LogP contribution in [-0.2, 0) is 0 Å². The molecule has 0 bridgehead atoms. The summed E-state index contributed by atoms with van der Waals surface area (Å²) in [5, 5.41) is 14.1. The second-order valence-corrected chi connectivity index (χ2v) is 7.51. The molecule has 0 aliphatic rings. The molecule has 21 heavy (non-hydrogen) atoms. The summed E-state index contributed by atoms with van der Waals surface area (Å²) in [6, 6.07) is 5.75. The Morgan fingerprint density at radius 3 is 2.62 bits per heavy atom. The number of hydrogen-bond acceptors (Lipinski definition) is 3. The van der Waals surface area contributed by atoms with E-state index in [1.807, 2.05) is 18.2 Å². The number of rotatable bonds is 10. The summed E-state index contributed by atoms with van der Waals surface area (Å²) in [5.41, 5.74) is -0.149. The molecule has 0 amide bonds. The standard InChI is InChI=1S/C16H25Cl2NOS/c1-3-9-19-16(2,12-20)8-4-5-10-21-13-6-7-14(17)15(18)11-13/h6-7,11,19-20H,3-5,8-10,12H2,1-2H3. The van der Waals surface area contributed by atoms with Gasteiger partial charge < -0.3 is 10.4 Å². The quantitative estimate of drug-likeness (QED) is 0.460. The molecule has 2 nitrogen and oxygen atoms in total. The summed E-state index contributed by atoms with van der Waals surface area (Å²) >= 11 is 13.7. The minimum atomic E-state index is -0.149. The van der Waals surface area contributed by atoms with Gasteiger partial charge in [0, 0.05) is 10.4 Å². The topological polar surface area (TPSA) is 32.3 Å². The predicted molar refractivity (Wildman–Crippen MR) is 94.8 cm³/mol. The average Bonchev–Trinajstić information content (AvgIpc) is 2.48. The zero-order valence-corrected chi connectivity index (χ0v) is 15.1. The number of benzene rings is 1. The van der Waals surface area contributed by atoms with Gasteiger partial charge in [-0.05, 0) is 56.7 Å². The van der Waals surface area contributed by atoms with E-state index in [1.54, 1.807) is 11.8 Å². The molecule has 0 saturated carbocycles.